The second kappa shape index (κ2) is 11.1. The lowest BCUT2D eigenvalue weighted by Crippen LogP contribution is -2.16. The largest absolute Gasteiger partial charge is 0.463 e. The smallest absolute Gasteiger partial charge is 0.311 e. The second-order valence-electron chi connectivity index (χ2n) is 6.88. The number of halogens is 1. The van der Waals surface area contributed by atoms with Crippen LogP contribution in [0.25, 0.3) is 0 Å². The van der Waals surface area contributed by atoms with Crippen molar-refractivity contribution in [3.05, 3.63) is 28.8 Å². The van der Waals surface area contributed by atoms with Gasteiger partial charge in [-0.05, 0) is 62.8 Å². The van der Waals surface area contributed by atoms with Gasteiger partial charge in [0.15, 0.2) is 0 Å². The van der Waals surface area contributed by atoms with E-state index in [1.165, 1.54) is 0 Å². The van der Waals surface area contributed by atoms with Crippen LogP contribution >= 0.6 is 11.6 Å². The van der Waals surface area contributed by atoms with Crippen molar-refractivity contribution in [2.75, 3.05) is 0 Å². The molecule has 25 heavy (non-hydrogen) atoms. The van der Waals surface area contributed by atoms with Crippen molar-refractivity contribution < 1.29 is 19.1 Å². The van der Waals surface area contributed by atoms with Crippen molar-refractivity contribution in [1.29, 1.82) is 0 Å². The molecule has 0 N–H and O–H groups in total. The first-order chi connectivity index (χ1) is 11.8. The number of hydrogen-bond donors (Lipinski definition) is 0. The standard InChI is InChI=1S/C20H29ClO4/c1-14(2)12-16(4)24-19(22)8-6-5-7-9-20(23)25-17-10-11-18(21)15(3)13-17/h10-11,13-14,16H,5-9,12H2,1-4H3. The Morgan fingerprint density at radius 2 is 1.68 bits per heavy atom. The summed E-state index contributed by atoms with van der Waals surface area (Å²) in [5.74, 6) is 0.593. The summed E-state index contributed by atoms with van der Waals surface area (Å²) in [5.41, 5.74) is 0.872. The lowest BCUT2D eigenvalue weighted by Gasteiger charge is -2.15. The van der Waals surface area contributed by atoms with Crippen LogP contribution in [0.4, 0.5) is 0 Å². The molecule has 0 fully saturated rings. The van der Waals surface area contributed by atoms with Crippen LogP contribution in [-0.4, -0.2) is 18.0 Å². The summed E-state index contributed by atoms with van der Waals surface area (Å²) in [5, 5.41) is 0.648. The number of carbonyl (C=O) groups excluding carboxylic acids is 2. The Hall–Kier alpha value is -1.55. The SMILES string of the molecule is Cc1cc(OC(=O)CCCCCC(=O)OC(C)CC(C)C)ccc1Cl. The average Bonchev–Trinajstić information content (AvgIpc) is 2.49. The number of aryl methyl sites for hydroxylation is 1. The van der Waals surface area contributed by atoms with E-state index in [4.69, 9.17) is 21.1 Å². The number of ether oxygens (including phenoxy) is 2. The predicted molar refractivity (Wildman–Crippen MR) is 99.9 cm³/mol. The van der Waals surface area contributed by atoms with Gasteiger partial charge in [0.25, 0.3) is 0 Å². The third-order valence-electron chi connectivity index (χ3n) is 3.76. The Balaban J connectivity index is 2.15. The van der Waals surface area contributed by atoms with Crippen LogP contribution in [0.1, 0.15) is 64.9 Å². The zero-order valence-electron chi connectivity index (χ0n) is 15.6. The normalized spacial score (nSPS) is 12.1. The summed E-state index contributed by atoms with van der Waals surface area (Å²) in [4.78, 5) is 23.5. The molecule has 1 rings (SSSR count). The summed E-state index contributed by atoms with van der Waals surface area (Å²) >= 11 is 5.94. The molecular formula is C20H29ClO4. The van der Waals surface area contributed by atoms with E-state index in [0.717, 1.165) is 24.8 Å². The first-order valence-electron chi connectivity index (χ1n) is 8.94. The number of carbonyl (C=O) groups is 2. The Morgan fingerprint density at radius 1 is 1.04 bits per heavy atom. The van der Waals surface area contributed by atoms with E-state index in [-0.39, 0.29) is 18.0 Å². The Kier molecular flexibility index (Phi) is 9.58. The Bertz CT molecular complexity index is 569. The van der Waals surface area contributed by atoms with E-state index >= 15 is 0 Å². The molecule has 0 saturated carbocycles. The molecule has 0 aliphatic carbocycles. The molecule has 0 saturated heterocycles. The topological polar surface area (TPSA) is 52.6 Å². The molecule has 0 aliphatic heterocycles. The fraction of sp³-hybridized carbons (Fsp3) is 0.600. The van der Waals surface area contributed by atoms with Gasteiger partial charge in [-0.15, -0.1) is 0 Å². The van der Waals surface area contributed by atoms with Gasteiger partial charge in [-0.2, -0.15) is 0 Å². The highest BCUT2D eigenvalue weighted by atomic mass is 35.5. The van der Waals surface area contributed by atoms with E-state index in [0.29, 0.717) is 36.0 Å². The first kappa shape index (κ1) is 21.5. The summed E-state index contributed by atoms with van der Waals surface area (Å²) in [6.07, 6.45) is 3.78. The van der Waals surface area contributed by atoms with E-state index in [1.807, 2.05) is 13.8 Å². The van der Waals surface area contributed by atoms with E-state index in [1.54, 1.807) is 18.2 Å². The minimum atomic E-state index is -0.269. The fourth-order valence-electron chi connectivity index (χ4n) is 2.57. The lowest BCUT2D eigenvalue weighted by atomic mass is 10.1. The molecule has 0 amide bonds. The molecule has 5 heteroatoms. The molecule has 4 nitrogen and oxygen atoms in total. The predicted octanol–water partition coefficient (Wildman–Crippen LogP) is 5.48. The third-order valence-corrected chi connectivity index (χ3v) is 4.18. The summed E-state index contributed by atoms with van der Waals surface area (Å²) < 4.78 is 10.6. The average molecular weight is 369 g/mol. The number of esters is 2. The lowest BCUT2D eigenvalue weighted by molar-refractivity contribution is -0.149. The Labute approximate surface area is 155 Å². The molecule has 0 radical (unpaired) electrons. The maximum absolute atomic E-state index is 11.8. The molecule has 0 aliphatic rings. The highest BCUT2D eigenvalue weighted by Gasteiger charge is 2.11. The van der Waals surface area contributed by atoms with Crippen molar-refractivity contribution in [1.82, 2.24) is 0 Å². The van der Waals surface area contributed by atoms with Gasteiger partial charge in [0.05, 0.1) is 6.10 Å². The van der Waals surface area contributed by atoms with Crippen LogP contribution < -0.4 is 4.74 Å². The van der Waals surface area contributed by atoms with Gasteiger partial charge in [-0.1, -0.05) is 31.9 Å². The van der Waals surface area contributed by atoms with Crippen molar-refractivity contribution >= 4 is 23.5 Å². The maximum atomic E-state index is 11.8. The van der Waals surface area contributed by atoms with Crippen LogP contribution in [0.2, 0.25) is 5.02 Å². The second-order valence-corrected chi connectivity index (χ2v) is 7.28. The quantitative estimate of drug-likeness (QED) is 0.311. The minimum absolute atomic E-state index is 0.0367. The Morgan fingerprint density at radius 3 is 2.28 bits per heavy atom. The van der Waals surface area contributed by atoms with Crippen molar-refractivity contribution in [3.63, 3.8) is 0 Å². The van der Waals surface area contributed by atoms with E-state index < -0.39 is 0 Å². The van der Waals surface area contributed by atoms with Crippen LogP contribution in [-0.2, 0) is 14.3 Å². The van der Waals surface area contributed by atoms with Gasteiger partial charge >= 0.3 is 11.9 Å². The molecule has 1 aromatic rings. The maximum Gasteiger partial charge on any atom is 0.311 e. The monoisotopic (exact) mass is 368 g/mol. The van der Waals surface area contributed by atoms with Crippen LogP contribution in [0, 0.1) is 12.8 Å². The third kappa shape index (κ3) is 9.49. The molecule has 0 aromatic heterocycles. The van der Waals surface area contributed by atoms with E-state index in [2.05, 4.69) is 13.8 Å². The molecular weight excluding hydrogens is 340 g/mol. The number of hydrogen-bond acceptors (Lipinski definition) is 4. The zero-order chi connectivity index (χ0) is 18.8. The molecule has 0 heterocycles. The van der Waals surface area contributed by atoms with Crippen LogP contribution in [0.3, 0.4) is 0 Å². The molecule has 1 atom stereocenters. The van der Waals surface area contributed by atoms with Gasteiger partial charge in [-0.25, -0.2) is 0 Å². The minimum Gasteiger partial charge on any atom is -0.463 e. The van der Waals surface area contributed by atoms with Crippen LogP contribution in [0.5, 0.6) is 5.75 Å². The summed E-state index contributed by atoms with van der Waals surface area (Å²) in [7, 11) is 0. The fourth-order valence-corrected chi connectivity index (χ4v) is 2.69. The summed E-state index contributed by atoms with van der Waals surface area (Å²) in [6.45, 7) is 8.00. The van der Waals surface area contributed by atoms with Gasteiger partial charge in [0.2, 0.25) is 0 Å². The number of rotatable bonds is 10. The molecule has 1 aromatic carbocycles. The van der Waals surface area contributed by atoms with Crippen molar-refractivity contribution in [2.45, 2.75) is 72.3 Å². The van der Waals surface area contributed by atoms with Gasteiger partial charge in [-0.3, -0.25) is 9.59 Å². The van der Waals surface area contributed by atoms with Gasteiger partial charge < -0.3 is 9.47 Å². The van der Waals surface area contributed by atoms with Gasteiger partial charge in [0, 0.05) is 17.9 Å². The molecule has 1 unspecified atom stereocenters. The highest BCUT2D eigenvalue weighted by Crippen LogP contribution is 2.21. The van der Waals surface area contributed by atoms with Crippen molar-refractivity contribution in [3.8, 4) is 5.75 Å². The van der Waals surface area contributed by atoms with Crippen LogP contribution in [0.15, 0.2) is 18.2 Å². The zero-order valence-corrected chi connectivity index (χ0v) is 16.4. The van der Waals surface area contributed by atoms with Gasteiger partial charge in [0.1, 0.15) is 5.75 Å². The first-order valence-corrected chi connectivity index (χ1v) is 9.32. The highest BCUT2D eigenvalue weighted by molar-refractivity contribution is 6.31. The number of benzene rings is 1. The van der Waals surface area contributed by atoms with Crippen molar-refractivity contribution in [2.24, 2.45) is 5.92 Å². The number of unbranched alkanes of at least 4 members (excludes halogenated alkanes) is 2. The molecule has 140 valence electrons. The summed E-state index contributed by atoms with van der Waals surface area (Å²) in [6, 6.07) is 5.14. The molecule has 0 bridgehead atoms. The van der Waals surface area contributed by atoms with E-state index in [9.17, 15) is 9.59 Å². The molecule has 0 spiro atoms.